The molecule has 1 N–H and O–H groups in total. The molecule has 4 heteroatoms. The average Bonchev–Trinajstić information content (AvgIpc) is 2.28. The topological polar surface area (TPSA) is 46.5 Å². The van der Waals surface area contributed by atoms with E-state index in [1.165, 1.54) is 7.11 Å². The van der Waals surface area contributed by atoms with Gasteiger partial charge in [-0.15, -0.1) is 11.8 Å². The molecule has 0 aromatic heterocycles. The van der Waals surface area contributed by atoms with Gasteiger partial charge >= 0.3 is 5.97 Å². The smallest absolute Gasteiger partial charge is 0.333 e. The number of rotatable bonds is 4. The van der Waals surface area contributed by atoms with Crippen LogP contribution in [-0.4, -0.2) is 23.9 Å². The molecule has 0 atom stereocenters. The lowest BCUT2D eigenvalue weighted by Gasteiger charge is -2.00. The van der Waals surface area contributed by atoms with Gasteiger partial charge in [0.1, 0.15) is 5.75 Å². The van der Waals surface area contributed by atoms with Crippen LogP contribution in [0.2, 0.25) is 0 Å². The second-order valence-electron chi connectivity index (χ2n) is 3.19. The van der Waals surface area contributed by atoms with E-state index >= 15 is 0 Å². The van der Waals surface area contributed by atoms with E-state index in [1.807, 2.05) is 6.07 Å². The fourth-order valence-electron chi connectivity index (χ4n) is 1.08. The molecule has 0 spiro atoms. The Bertz CT molecular complexity index is 399. The fraction of sp³-hybridized carbons (Fsp3) is 0.250. The summed E-state index contributed by atoms with van der Waals surface area (Å²) < 4.78 is 4.58. The SMILES string of the molecule is COC(=O)/C(C)=C/CSc1cccc(O)c1. The summed E-state index contributed by atoms with van der Waals surface area (Å²) in [4.78, 5) is 12.0. The lowest BCUT2D eigenvalue weighted by Crippen LogP contribution is -2.01. The quantitative estimate of drug-likeness (QED) is 0.497. The van der Waals surface area contributed by atoms with Gasteiger partial charge in [-0.3, -0.25) is 0 Å². The fourth-order valence-corrected chi connectivity index (χ4v) is 1.99. The maximum Gasteiger partial charge on any atom is 0.333 e. The van der Waals surface area contributed by atoms with Gasteiger partial charge in [0.2, 0.25) is 0 Å². The summed E-state index contributed by atoms with van der Waals surface area (Å²) in [5.74, 6) is 0.611. The number of phenolic OH excluding ortho intramolecular Hbond substituents is 1. The van der Waals surface area contributed by atoms with Crippen molar-refractivity contribution in [2.45, 2.75) is 11.8 Å². The van der Waals surface area contributed by atoms with Crippen LogP contribution in [-0.2, 0) is 9.53 Å². The number of esters is 1. The number of hydrogen-bond acceptors (Lipinski definition) is 4. The average molecular weight is 238 g/mol. The first kappa shape index (κ1) is 12.6. The zero-order valence-corrected chi connectivity index (χ0v) is 10.1. The van der Waals surface area contributed by atoms with Gasteiger partial charge in [-0.05, 0) is 25.1 Å². The van der Waals surface area contributed by atoms with E-state index in [0.29, 0.717) is 11.3 Å². The van der Waals surface area contributed by atoms with Gasteiger partial charge in [0.05, 0.1) is 7.11 Å². The zero-order valence-electron chi connectivity index (χ0n) is 9.27. The van der Waals surface area contributed by atoms with Gasteiger partial charge in [0.25, 0.3) is 0 Å². The van der Waals surface area contributed by atoms with Gasteiger partial charge in [-0.25, -0.2) is 4.79 Å². The van der Waals surface area contributed by atoms with Crippen LogP contribution in [0, 0.1) is 0 Å². The molecule has 0 aliphatic rings. The van der Waals surface area contributed by atoms with E-state index in [9.17, 15) is 9.90 Å². The maximum atomic E-state index is 11.1. The van der Waals surface area contributed by atoms with Gasteiger partial charge in [-0.2, -0.15) is 0 Å². The van der Waals surface area contributed by atoms with E-state index in [1.54, 1.807) is 43.0 Å². The van der Waals surface area contributed by atoms with Crippen molar-refractivity contribution in [3.63, 3.8) is 0 Å². The third-order valence-electron chi connectivity index (χ3n) is 1.96. The van der Waals surface area contributed by atoms with Crippen molar-refractivity contribution in [3.05, 3.63) is 35.9 Å². The summed E-state index contributed by atoms with van der Waals surface area (Å²) in [6, 6.07) is 7.01. The number of ether oxygens (including phenoxy) is 1. The van der Waals surface area contributed by atoms with Crippen LogP contribution >= 0.6 is 11.8 Å². The van der Waals surface area contributed by atoms with Crippen molar-refractivity contribution >= 4 is 17.7 Å². The number of carbonyl (C=O) groups excluding carboxylic acids is 1. The molecule has 0 bridgehead atoms. The number of benzene rings is 1. The molecule has 0 radical (unpaired) electrons. The first-order valence-corrected chi connectivity index (χ1v) is 5.79. The molecule has 1 rings (SSSR count). The molecule has 0 unspecified atom stereocenters. The van der Waals surface area contributed by atoms with Crippen LogP contribution in [0.15, 0.2) is 40.8 Å². The highest BCUT2D eigenvalue weighted by Crippen LogP contribution is 2.22. The summed E-state index contributed by atoms with van der Waals surface area (Å²) in [6.45, 7) is 1.72. The Morgan fingerprint density at radius 1 is 1.56 bits per heavy atom. The van der Waals surface area contributed by atoms with E-state index in [-0.39, 0.29) is 11.7 Å². The first-order valence-electron chi connectivity index (χ1n) is 4.80. The van der Waals surface area contributed by atoms with Crippen molar-refractivity contribution in [2.24, 2.45) is 0 Å². The number of thioether (sulfide) groups is 1. The summed E-state index contributed by atoms with van der Waals surface area (Å²) in [5.41, 5.74) is 0.593. The molecular weight excluding hydrogens is 224 g/mol. The third kappa shape index (κ3) is 3.98. The predicted molar refractivity (Wildman–Crippen MR) is 64.6 cm³/mol. The Labute approximate surface area is 99.1 Å². The molecule has 0 fully saturated rings. The Morgan fingerprint density at radius 2 is 2.31 bits per heavy atom. The normalized spacial score (nSPS) is 11.2. The van der Waals surface area contributed by atoms with Crippen molar-refractivity contribution in [3.8, 4) is 5.75 Å². The first-order chi connectivity index (χ1) is 7.63. The highest BCUT2D eigenvalue weighted by atomic mass is 32.2. The van der Waals surface area contributed by atoms with Gasteiger partial charge < -0.3 is 9.84 Å². The van der Waals surface area contributed by atoms with Gasteiger partial charge in [0, 0.05) is 16.2 Å². The number of phenols is 1. The minimum absolute atomic E-state index is 0.249. The second kappa shape index (κ2) is 6.23. The molecule has 16 heavy (non-hydrogen) atoms. The van der Waals surface area contributed by atoms with E-state index < -0.39 is 0 Å². The van der Waals surface area contributed by atoms with Crippen molar-refractivity contribution in [1.82, 2.24) is 0 Å². The number of methoxy groups -OCH3 is 1. The number of aromatic hydroxyl groups is 1. The van der Waals surface area contributed by atoms with Crippen LogP contribution in [0.1, 0.15) is 6.92 Å². The molecule has 1 aromatic carbocycles. The molecule has 1 aromatic rings. The number of carbonyl (C=O) groups is 1. The Hall–Kier alpha value is -1.42. The minimum Gasteiger partial charge on any atom is -0.508 e. The van der Waals surface area contributed by atoms with E-state index in [4.69, 9.17) is 0 Å². The van der Waals surface area contributed by atoms with E-state index in [0.717, 1.165) is 4.90 Å². The Kier molecular flexibility index (Phi) is 4.92. The van der Waals surface area contributed by atoms with Crippen molar-refractivity contribution in [2.75, 3.05) is 12.9 Å². The predicted octanol–water partition coefficient (Wildman–Crippen LogP) is 2.60. The zero-order chi connectivity index (χ0) is 12.0. The molecule has 0 amide bonds. The monoisotopic (exact) mass is 238 g/mol. The molecule has 86 valence electrons. The number of hydrogen-bond donors (Lipinski definition) is 1. The highest BCUT2D eigenvalue weighted by molar-refractivity contribution is 7.99. The van der Waals surface area contributed by atoms with Gasteiger partial charge in [-0.1, -0.05) is 12.1 Å². The third-order valence-corrected chi connectivity index (χ3v) is 2.89. The molecule has 0 aliphatic carbocycles. The summed E-state index contributed by atoms with van der Waals surface area (Å²) >= 11 is 1.55. The molecular formula is C12H14O3S. The summed E-state index contributed by atoms with van der Waals surface area (Å²) in [7, 11) is 1.36. The minimum atomic E-state index is -0.309. The van der Waals surface area contributed by atoms with Crippen LogP contribution in [0.25, 0.3) is 0 Å². The molecule has 0 aliphatic heterocycles. The molecule has 0 saturated carbocycles. The van der Waals surface area contributed by atoms with Gasteiger partial charge in [0.15, 0.2) is 0 Å². The second-order valence-corrected chi connectivity index (χ2v) is 4.28. The highest BCUT2D eigenvalue weighted by Gasteiger charge is 2.01. The van der Waals surface area contributed by atoms with Crippen molar-refractivity contribution in [1.29, 1.82) is 0 Å². The lowest BCUT2D eigenvalue weighted by atomic mass is 10.3. The Morgan fingerprint density at radius 3 is 2.94 bits per heavy atom. The molecule has 3 nitrogen and oxygen atoms in total. The van der Waals surface area contributed by atoms with Crippen LogP contribution < -0.4 is 0 Å². The van der Waals surface area contributed by atoms with E-state index in [2.05, 4.69) is 4.74 Å². The van der Waals surface area contributed by atoms with Crippen LogP contribution in [0.4, 0.5) is 0 Å². The standard InChI is InChI=1S/C12H14O3S/c1-9(12(14)15-2)6-7-16-11-5-3-4-10(13)8-11/h3-6,8,13H,7H2,1-2H3/b9-6+. The molecule has 0 saturated heterocycles. The lowest BCUT2D eigenvalue weighted by molar-refractivity contribution is -0.136. The van der Waals surface area contributed by atoms with Crippen LogP contribution in [0.5, 0.6) is 5.75 Å². The molecule has 0 heterocycles. The maximum absolute atomic E-state index is 11.1. The summed E-state index contributed by atoms with van der Waals surface area (Å²) in [6.07, 6.45) is 1.81. The summed E-state index contributed by atoms with van der Waals surface area (Å²) in [5, 5.41) is 9.25. The Balaban J connectivity index is 2.50. The van der Waals surface area contributed by atoms with Crippen LogP contribution in [0.3, 0.4) is 0 Å². The largest absolute Gasteiger partial charge is 0.508 e. The van der Waals surface area contributed by atoms with Crippen molar-refractivity contribution < 1.29 is 14.6 Å².